The standard InChI is InChI=1S/C45H55NO18S/c1-24(27-14-9-7-10-15-27)36(59-33(50)22-56-32(49)18-13-19-65-64-63-62-46)41(54)58-29-21-45(55)39(60-40(53)28-16-11-8-12-17-28)37-43(6,38(52)35(51)34(25(29)2)42(45,4)5)30(48)20-31-44(37,23-57-31)61-26(3)47/h7-12,14-17,24,29-31,35-37,39,48,51,55H,13,18-23,46H2,1-6H3/t24?,29?,30?,31?,35?,36?,37?,39?,43?,44-,45?/m0/s1. The summed E-state index contributed by atoms with van der Waals surface area (Å²) in [7, 11) is 0. The van der Waals surface area contributed by atoms with E-state index in [1.807, 2.05) is 0 Å². The zero-order chi connectivity index (χ0) is 47.5. The SMILES string of the molecule is CC(=O)O[C@@]12COC1CC(O)C1(C)C(=O)C(O)C3=C(C)C(OC(=O)C(OC(=O)COC(=O)CCCSOOON)C(C)c4ccccc4)CC(O)(C(OC(=O)c4ccccc4)C12)C3(C)C. The number of ketones is 1. The Hall–Kier alpha value is -4.77. The van der Waals surface area contributed by atoms with Crippen LogP contribution in [0, 0.1) is 16.7 Å². The van der Waals surface area contributed by atoms with E-state index >= 15 is 4.79 Å². The summed E-state index contributed by atoms with van der Waals surface area (Å²) in [4.78, 5) is 86.2. The van der Waals surface area contributed by atoms with Crippen molar-refractivity contribution in [3.05, 3.63) is 82.9 Å². The third kappa shape index (κ3) is 9.46. The molecule has 2 aromatic carbocycles. The van der Waals surface area contributed by atoms with Crippen molar-refractivity contribution in [2.24, 2.45) is 22.6 Å². The Morgan fingerprint density at radius 1 is 0.969 bits per heavy atom. The number of benzene rings is 2. The van der Waals surface area contributed by atoms with Crippen molar-refractivity contribution in [2.45, 2.75) is 121 Å². The zero-order valence-corrected chi connectivity index (χ0v) is 37.6. The van der Waals surface area contributed by atoms with E-state index in [4.69, 9.17) is 28.4 Å². The third-order valence-electron chi connectivity index (χ3n) is 13.5. The molecule has 5 N–H and O–H groups in total. The van der Waals surface area contributed by atoms with Crippen molar-refractivity contribution in [2.75, 3.05) is 19.0 Å². The quantitative estimate of drug-likeness (QED) is 0.0338. The highest BCUT2D eigenvalue weighted by Gasteiger charge is 2.78. The number of hydrogen-bond acceptors (Lipinski definition) is 20. The molecule has 1 heterocycles. The van der Waals surface area contributed by atoms with Gasteiger partial charge in [-0.3, -0.25) is 14.4 Å². The monoisotopic (exact) mass is 929 g/mol. The largest absolute Gasteiger partial charge is 0.455 e. The van der Waals surface area contributed by atoms with Crippen LogP contribution in [0.1, 0.15) is 89.1 Å². The summed E-state index contributed by atoms with van der Waals surface area (Å²) in [6.07, 6.45) is -10.2. The number of carbonyl (C=O) groups is 6. The van der Waals surface area contributed by atoms with Crippen LogP contribution < -0.4 is 5.90 Å². The van der Waals surface area contributed by atoms with Crippen LogP contribution in [0.4, 0.5) is 0 Å². The molecule has 3 fully saturated rings. The fourth-order valence-electron chi connectivity index (χ4n) is 10.00. The molecule has 4 aliphatic rings. The van der Waals surface area contributed by atoms with Crippen molar-refractivity contribution >= 4 is 47.7 Å². The van der Waals surface area contributed by atoms with Gasteiger partial charge in [0, 0.05) is 55.3 Å². The van der Waals surface area contributed by atoms with Gasteiger partial charge in [-0.15, -0.1) is 9.32 Å². The fourth-order valence-corrected chi connectivity index (χ4v) is 10.4. The van der Waals surface area contributed by atoms with E-state index in [9.17, 15) is 39.3 Å². The molecule has 0 aromatic heterocycles. The Morgan fingerprint density at radius 3 is 2.25 bits per heavy atom. The number of hydrogen-bond donors (Lipinski definition) is 4. The average Bonchev–Trinajstić information content (AvgIpc) is 3.27. The normalized spacial score (nSPS) is 31.0. The fraction of sp³-hybridized carbons (Fsp3) is 0.556. The van der Waals surface area contributed by atoms with Gasteiger partial charge in [-0.1, -0.05) is 69.3 Å². The molecule has 11 atom stereocenters. The second-order valence-electron chi connectivity index (χ2n) is 17.5. The summed E-state index contributed by atoms with van der Waals surface area (Å²) >= 11 is 0.807. The molecule has 65 heavy (non-hydrogen) atoms. The molecule has 1 aliphatic heterocycles. The first kappa shape index (κ1) is 49.7. The first-order chi connectivity index (χ1) is 30.7. The molecule has 2 bridgehead atoms. The van der Waals surface area contributed by atoms with E-state index < -0.39 is 119 Å². The highest BCUT2D eigenvalue weighted by Crippen LogP contribution is 2.64. The lowest BCUT2D eigenvalue weighted by atomic mass is 9.44. The summed E-state index contributed by atoms with van der Waals surface area (Å²) in [5.41, 5.74) is -7.12. The molecular weight excluding hydrogens is 875 g/mol. The van der Waals surface area contributed by atoms with Crippen molar-refractivity contribution < 1.29 is 86.9 Å². The van der Waals surface area contributed by atoms with Crippen LogP contribution in [0.15, 0.2) is 71.8 Å². The molecule has 2 saturated carbocycles. The Bertz CT molecular complexity index is 2140. The number of aliphatic hydroxyl groups is 3. The van der Waals surface area contributed by atoms with Gasteiger partial charge in [0.25, 0.3) is 0 Å². The number of esters is 5. The Kier molecular flexibility index (Phi) is 15.3. The Balaban J connectivity index is 1.38. The van der Waals surface area contributed by atoms with Crippen LogP contribution in [-0.2, 0) is 66.8 Å². The topological polar surface area (TPSA) is 272 Å². The van der Waals surface area contributed by atoms with Crippen molar-refractivity contribution in [3.63, 3.8) is 0 Å². The first-order valence-corrected chi connectivity index (χ1v) is 22.0. The van der Waals surface area contributed by atoms with Crippen LogP contribution >= 0.6 is 12.0 Å². The van der Waals surface area contributed by atoms with Crippen LogP contribution in [0.3, 0.4) is 0 Å². The first-order valence-electron chi connectivity index (χ1n) is 21.1. The van der Waals surface area contributed by atoms with E-state index in [2.05, 4.69) is 20.3 Å². The Morgan fingerprint density at radius 2 is 1.63 bits per heavy atom. The van der Waals surface area contributed by atoms with E-state index in [-0.39, 0.29) is 48.3 Å². The molecule has 6 rings (SSSR count). The molecule has 20 heteroatoms. The molecule has 354 valence electrons. The number of fused-ring (bicyclic) bond motifs is 5. The molecule has 2 aromatic rings. The van der Waals surface area contributed by atoms with Crippen LogP contribution in [-0.4, -0.2) is 118 Å². The van der Waals surface area contributed by atoms with Crippen molar-refractivity contribution in [3.8, 4) is 0 Å². The highest BCUT2D eigenvalue weighted by molar-refractivity contribution is 7.94. The lowest BCUT2D eigenvalue weighted by molar-refractivity contribution is -0.464. The summed E-state index contributed by atoms with van der Waals surface area (Å²) < 4.78 is 39.7. The van der Waals surface area contributed by atoms with Gasteiger partial charge >= 0.3 is 29.8 Å². The Labute approximate surface area is 379 Å². The predicted molar refractivity (Wildman–Crippen MR) is 224 cm³/mol. The minimum Gasteiger partial charge on any atom is -0.455 e. The summed E-state index contributed by atoms with van der Waals surface area (Å²) in [6, 6.07) is 16.4. The van der Waals surface area contributed by atoms with Crippen molar-refractivity contribution in [1.29, 1.82) is 0 Å². The van der Waals surface area contributed by atoms with Crippen LogP contribution in [0.5, 0.6) is 0 Å². The predicted octanol–water partition coefficient (Wildman–Crippen LogP) is 3.07. The van der Waals surface area contributed by atoms with Crippen molar-refractivity contribution in [1.82, 2.24) is 0 Å². The van der Waals surface area contributed by atoms with Gasteiger partial charge in [-0.25, -0.2) is 14.4 Å². The van der Waals surface area contributed by atoms with E-state index in [0.29, 0.717) is 5.56 Å². The second-order valence-corrected chi connectivity index (χ2v) is 18.3. The number of Topliss-reactive ketones (excluding diaryl/α,β-unsaturated/α-hetero) is 1. The molecule has 0 amide bonds. The minimum atomic E-state index is -2.38. The molecule has 0 spiro atoms. The maximum Gasteiger partial charge on any atom is 0.348 e. The number of aliphatic hydroxyl groups excluding tert-OH is 2. The molecule has 0 radical (unpaired) electrons. The summed E-state index contributed by atoms with van der Waals surface area (Å²) in [6.45, 7) is 7.56. The van der Waals surface area contributed by atoms with Crippen LogP contribution in [0.2, 0.25) is 0 Å². The molecule has 1 saturated heterocycles. The number of rotatable bonds is 17. The lowest BCUT2D eigenvalue weighted by Gasteiger charge is -2.67. The maximum atomic E-state index is 15.1. The molecule has 19 nitrogen and oxygen atoms in total. The van der Waals surface area contributed by atoms with Crippen LogP contribution in [0.25, 0.3) is 0 Å². The molecule has 3 aliphatic carbocycles. The average molecular weight is 930 g/mol. The summed E-state index contributed by atoms with van der Waals surface area (Å²) in [5, 5.41) is 41.8. The van der Waals surface area contributed by atoms with E-state index in [1.54, 1.807) is 69.3 Å². The third-order valence-corrected chi connectivity index (χ3v) is 14.1. The van der Waals surface area contributed by atoms with Gasteiger partial charge in [-0.2, -0.15) is 5.90 Å². The molecular formula is C45H55NO18S. The van der Waals surface area contributed by atoms with Gasteiger partial charge in [0.05, 0.1) is 29.6 Å². The minimum absolute atomic E-state index is 0.0665. The van der Waals surface area contributed by atoms with E-state index in [1.165, 1.54) is 26.0 Å². The van der Waals surface area contributed by atoms with Gasteiger partial charge in [-0.05, 0) is 54.1 Å². The van der Waals surface area contributed by atoms with Gasteiger partial charge in [0.15, 0.2) is 18.0 Å². The van der Waals surface area contributed by atoms with E-state index in [0.717, 1.165) is 19.0 Å². The number of carbonyl (C=O) groups excluding carboxylic acids is 6. The second kappa shape index (κ2) is 20.0. The zero-order valence-electron chi connectivity index (χ0n) is 36.8. The van der Waals surface area contributed by atoms with Gasteiger partial charge in [0.2, 0.25) is 6.10 Å². The number of nitrogens with two attached hydrogens (primary N) is 1. The smallest absolute Gasteiger partial charge is 0.348 e. The maximum absolute atomic E-state index is 15.1. The summed E-state index contributed by atoms with van der Waals surface area (Å²) in [5.74, 6) is -3.03. The molecule has 10 unspecified atom stereocenters. The lowest BCUT2D eigenvalue weighted by Crippen LogP contribution is -2.81. The highest BCUT2D eigenvalue weighted by atomic mass is 32.2. The van der Waals surface area contributed by atoms with Gasteiger partial charge < -0.3 is 43.7 Å². The van der Waals surface area contributed by atoms with Gasteiger partial charge in [0.1, 0.15) is 30.0 Å². The number of ether oxygens (including phenoxy) is 6.